The van der Waals surface area contributed by atoms with Crippen LogP contribution in [-0.2, 0) is 17.7 Å². The normalized spacial score (nSPS) is 11.4. The second-order valence-corrected chi connectivity index (χ2v) is 6.96. The number of nitrogens with zero attached hydrogens (tertiary/aromatic N) is 1. The Morgan fingerprint density at radius 3 is 2.75 bits per heavy atom. The highest BCUT2D eigenvalue weighted by atomic mass is 35.5. The molecule has 28 heavy (non-hydrogen) atoms. The fourth-order valence-electron chi connectivity index (χ4n) is 3.39. The standard InChI is InChI=1S/C22H25ClN2O3/c1-15-18(9-12-28-24-10-6-11-26)20-19(25-15)14-17(22(27-2)21(20)23)13-16-7-4-3-5-8-16/h3-5,7-8,10,14,25-26H,6,9,11-13H2,1-2H3. The third kappa shape index (κ3) is 4.49. The summed E-state index contributed by atoms with van der Waals surface area (Å²) < 4.78 is 5.67. The number of rotatable bonds is 9. The largest absolute Gasteiger partial charge is 0.495 e. The van der Waals surface area contributed by atoms with Crippen LogP contribution in [0, 0.1) is 6.92 Å². The molecule has 148 valence electrons. The number of aliphatic hydroxyl groups excluding tert-OH is 1. The van der Waals surface area contributed by atoms with E-state index < -0.39 is 0 Å². The minimum absolute atomic E-state index is 0.0646. The number of hydrogen-bond acceptors (Lipinski definition) is 4. The number of oxime groups is 1. The maximum absolute atomic E-state index is 8.75. The van der Waals surface area contributed by atoms with Crippen LogP contribution in [0.2, 0.25) is 5.02 Å². The number of methoxy groups -OCH3 is 1. The van der Waals surface area contributed by atoms with Crippen molar-refractivity contribution in [3.8, 4) is 5.75 Å². The lowest BCUT2D eigenvalue weighted by molar-refractivity contribution is 0.148. The number of aromatic nitrogens is 1. The van der Waals surface area contributed by atoms with Crippen molar-refractivity contribution in [2.75, 3.05) is 20.3 Å². The van der Waals surface area contributed by atoms with E-state index in [0.29, 0.717) is 30.2 Å². The molecule has 5 nitrogen and oxygen atoms in total. The summed E-state index contributed by atoms with van der Waals surface area (Å²) in [7, 11) is 1.65. The lowest BCUT2D eigenvalue weighted by Crippen LogP contribution is -1.98. The monoisotopic (exact) mass is 400 g/mol. The highest BCUT2D eigenvalue weighted by Crippen LogP contribution is 2.40. The summed E-state index contributed by atoms with van der Waals surface area (Å²) in [5.74, 6) is 0.708. The average Bonchev–Trinajstić information content (AvgIpc) is 3.01. The highest BCUT2D eigenvalue weighted by Gasteiger charge is 2.19. The van der Waals surface area contributed by atoms with E-state index in [0.717, 1.165) is 34.1 Å². The van der Waals surface area contributed by atoms with E-state index in [1.54, 1.807) is 13.3 Å². The Labute approximate surface area is 169 Å². The van der Waals surface area contributed by atoms with E-state index in [-0.39, 0.29) is 6.61 Å². The van der Waals surface area contributed by atoms with Crippen LogP contribution >= 0.6 is 11.6 Å². The number of benzene rings is 2. The third-order valence-electron chi connectivity index (χ3n) is 4.67. The number of hydrogen-bond donors (Lipinski definition) is 2. The summed E-state index contributed by atoms with van der Waals surface area (Å²) in [4.78, 5) is 8.72. The average molecular weight is 401 g/mol. The van der Waals surface area contributed by atoms with E-state index in [9.17, 15) is 0 Å². The van der Waals surface area contributed by atoms with E-state index in [4.69, 9.17) is 26.3 Å². The maximum Gasteiger partial charge on any atom is 0.141 e. The minimum Gasteiger partial charge on any atom is -0.495 e. The SMILES string of the molecule is COc1c(Cc2ccccc2)cc2[nH]c(C)c(CCON=CCCO)c2c1Cl. The van der Waals surface area contributed by atoms with Gasteiger partial charge >= 0.3 is 0 Å². The Balaban J connectivity index is 1.89. The van der Waals surface area contributed by atoms with Gasteiger partial charge in [-0.2, -0.15) is 0 Å². The number of aliphatic hydroxyl groups is 1. The fourth-order valence-corrected chi connectivity index (χ4v) is 3.80. The predicted molar refractivity (Wildman–Crippen MR) is 114 cm³/mol. The first-order valence-electron chi connectivity index (χ1n) is 9.30. The summed E-state index contributed by atoms with van der Waals surface area (Å²) in [5.41, 5.74) is 5.39. The molecule has 2 aromatic carbocycles. The Bertz CT molecular complexity index is 952. The quantitative estimate of drug-likeness (QED) is 0.312. The zero-order chi connectivity index (χ0) is 19.9. The molecule has 0 saturated carbocycles. The molecule has 0 bridgehead atoms. The van der Waals surface area contributed by atoms with Crippen molar-refractivity contribution in [3.63, 3.8) is 0 Å². The molecule has 0 amide bonds. The topological polar surface area (TPSA) is 66.8 Å². The molecule has 0 atom stereocenters. The molecular weight excluding hydrogens is 376 g/mol. The molecule has 0 aliphatic heterocycles. The van der Waals surface area contributed by atoms with Gasteiger partial charge in [-0.3, -0.25) is 0 Å². The molecule has 0 unspecified atom stereocenters. The molecule has 2 N–H and O–H groups in total. The van der Waals surface area contributed by atoms with Gasteiger partial charge in [-0.15, -0.1) is 0 Å². The molecule has 0 fully saturated rings. The number of halogens is 1. The highest BCUT2D eigenvalue weighted by molar-refractivity contribution is 6.37. The molecule has 0 radical (unpaired) electrons. The van der Waals surface area contributed by atoms with Crippen LogP contribution < -0.4 is 4.74 Å². The Kier molecular flexibility index (Phi) is 6.95. The number of fused-ring (bicyclic) bond motifs is 1. The van der Waals surface area contributed by atoms with Gasteiger partial charge in [-0.25, -0.2) is 0 Å². The molecule has 0 aliphatic rings. The third-order valence-corrected chi connectivity index (χ3v) is 5.03. The van der Waals surface area contributed by atoms with Crippen molar-refractivity contribution in [2.45, 2.75) is 26.2 Å². The second-order valence-electron chi connectivity index (χ2n) is 6.58. The summed E-state index contributed by atoms with van der Waals surface area (Å²) in [6.07, 6.45) is 3.46. The van der Waals surface area contributed by atoms with Crippen LogP contribution in [0.3, 0.4) is 0 Å². The summed E-state index contributed by atoms with van der Waals surface area (Å²) in [5, 5.41) is 14.2. The molecule has 1 aromatic heterocycles. The van der Waals surface area contributed by atoms with Gasteiger partial charge in [0.15, 0.2) is 0 Å². The van der Waals surface area contributed by atoms with Crippen LogP contribution in [0.15, 0.2) is 41.6 Å². The molecule has 3 rings (SSSR count). The van der Waals surface area contributed by atoms with Crippen molar-refractivity contribution in [3.05, 3.63) is 63.8 Å². The lowest BCUT2D eigenvalue weighted by Gasteiger charge is -2.13. The first kappa shape index (κ1) is 20.2. The Hall–Kier alpha value is -2.50. The van der Waals surface area contributed by atoms with Gasteiger partial charge in [0.1, 0.15) is 12.4 Å². The summed E-state index contributed by atoms with van der Waals surface area (Å²) in [6, 6.07) is 12.4. The van der Waals surface area contributed by atoms with Gasteiger partial charge in [-0.05, 0) is 24.1 Å². The molecule has 6 heteroatoms. The minimum atomic E-state index is 0.0646. The van der Waals surface area contributed by atoms with E-state index in [1.165, 1.54) is 5.56 Å². The van der Waals surface area contributed by atoms with Gasteiger partial charge in [-0.1, -0.05) is 47.1 Å². The van der Waals surface area contributed by atoms with Crippen LogP contribution in [0.1, 0.15) is 28.8 Å². The van der Waals surface area contributed by atoms with Crippen molar-refractivity contribution in [1.82, 2.24) is 4.98 Å². The second kappa shape index (κ2) is 9.62. The fraction of sp³-hybridized carbons (Fsp3) is 0.318. The van der Waals surface area contributed by atoms with E-state index in [2.05, 4.69) is 28.3 Å². The van der Waals surface area contributed by atoms with Crippen molar-refractivity contribution < 1.29 is 14.7 Å². The smallest absolute Gasteiger partial charge is 0.141 e. The number of aryl methyl sites for hydroxylation is 1. The van der Waals surface area contributed by atoms with Crippen molar-refractivity contribution in [2.24, 2.45) is 5.16 Å². The van der Waals surface area contributed by atoms with Crippen molar-refractivity contribution in [1.29, 1.82) is 0 Å². The Morgan fingerprint density at radius 2 is 2.04 bits per heavy atom. The van der Waals surface area contributed by atoms with E-state index >= 15 is 0 Å². The molecule has 0 aliphatic carbocycles. The Morgan fingerprint density at radius 1 is 1.25 bits per heavy atom. The molecule has 0 saturated heterocycles. The molecule has 3 aromatic rings. The van der Waals surface area contributed by atoms with Crippen LogP contribution in [0.25, 0.3) is 10.9 Å². The van der Waals surface area contributed by atoms with Crippen LogP contribution in [0.5, 0.6) is 5.75 Å². The first-order chi connectivity index (χ1) is 13.7. The predicted octanol–water partition coefficient (Wildman–Crippen LogP) is 4.66. The lowest BCUT2D eigenvalue weighted by atomic mass is 10.0. The molecule has 1 heterocycles. The zero-order valence-electron chi connectivity index (χ0n) is 16.2. The molecule has 0 spiro atoms. The maximum atomic E-state index is 8.75. The zero-order valence-corrected chi connectivity index (χ0v) is 16.9. The summed E-state index contributed by atoms with van der Waals surface area (Å²) >= 11 is 6.77. The van der Waals surface area contributed by atoms with Gasteiger partial charge in [0.05, 0.1) is 12.1 Å². The van der Waals surface area contributed by atoms with Gasteiger partial charge < -0.3 is 19.7 Å². The first-order valence-corrected chi connectivity index (χ1v) is 9.68. The number of nitrogens with one attached hydrogen (secondary N) is 1. The number of aromatic amines is 1. The van der Waals surface area contributed by atoms with Crippen molar-refractivity contribution >= 4 is 28.7 Å². The van der Waals surface area contributed by atoms with E-state index in [1.807, 2.05) is 25.1 Å². The number of ether oxygens (including phenoxy) is 1. The van der Waals surface area contributed by atoms with Gasteiger partial charge in [0.25, 0.3) is 0 Å². The molecular formula is C22H25ClN2O3. The summed E-state index contributed by atoms with van der Waals surface area (Å²) in [6.45, 7) is 2.53. The van der Waals surface area contributed by atoms with Crippen LogP contribution in [-0.4, -0.2) is 36.6 Å². The van der Waals surface area contributed by atoms with Crippen LogP contribution in [0.4, 0.5) is 0 Å². The van der Waals surface area contributed by atoms with Gasteiger partial charge in [0, 0.05) is 54.2 Å². The van der Waals surface area contributed by atoms with Gasteiger partial charge in [0.2, 0.25) is 0 Å². The number of H-pyrrole nitrogens is 1.